The normalized spacial score (nSPS) is 11.7. The first kappa shape index (κ1) is 13.3. The third kappa shape index (κ3) is 2.63. The zero-order valence-corrected chi connectivity index (χ0v) is 11.1. The molecule has 108 valence electrons. The average Bonchev–Trinajstić information content (AvgIpc) is 2.80. The molecule has 0 spiro atoms. The van der Waals surface area contributed by atoms with Gasteiger partial charge in [0.2, 0.25) is 0 Å². The number of aromatic amines is 1. The van der Waals surface area contributed by atoms with Crippen molar-refractivity contribution in [2.45, 2.75) is 4.90 Å². The zero-order valence-electron chi connectivity index (χ0n) is 10.3. The molecular formula is C12H8FN3O4S. The van der Waals surface area contributed by atoms with E-state index in [1.54, 1.807) is 0 Å². The first-order valence-electron chi connectivity index (χ1n) is 5.71. The second-order valence-electron chi connectivity index (χ2n) is 4.14. The number of anilines is 1. The lowest BCUT2D eigenvalue weighted by Gasteiger charge is -2.06. The van der Waals surface area contributed by atoms with Crippen molar-refractivity contribution in [2.24, 2.45) is 0 Å². The van der Waals surface area contributed by atoms with Crippen molar-refractivity contribution in [3.05, 3.63) is 52.9 Å². The lowest BCUT2D eigenvalue weighted by Crippen LogP contribution is -2.13. The maximum Gasteiger partial charge on any atom is 0.417 e. The van der Waals surface area contributed by atoms with Crippen LogP contribution in [0.1, 0.15) is 0 Å². The highest BCUT2D eigenvalue weighted by atomic mass is 32.2. The molecule has 0 bridgehead atoms. The Morgan fingerprint density at radius 1 is 1.24 bits per heavy atom. The molecule has 3 aromatic rings. The molecule has 0 aliphatic heterocycles. The number of fused-ring (bicyclic) bond motifs is 1. The Balaban J connectivity index is 1.99. The Hall–Kier alpha value is -2.68. The molecule has 0 amide bonds. The van der Waals surface area contributed by atoms with Crippen LogP contribution < -0.4 is 10.5 Å². The van der Waals surface area contributed by atoms with Crippen molar-refractivity contribution < 1.29 is 17.2 Å². The van der Waals surface area contributed by atoms with Crippen molar-refractivity contribution in [2.75, 3.05) is 4.72 Å². The Bertz CT molecular complexity index is 960. The minimum absolute atomic E-state index is 0.0213. The van der Waals surface area contributed by atoms with Gasteiger partial charge in [0.15, 0.2) is 5.58 Å². The van der Waals surface area contributed by atoms with Gasteiger partial charge in [0.05, 0.1) is 16.6 Å². The van der Waals surface area contributed by atoms with E-state index in [0.29, 0.717) is 5.52 Å². The van der Waals surface area contributed by atoms with Crippen molar-refractivity contribution >= 4 is 26.9 Å². The van der Waals surface area contributed by atoms with E-state index >= 15 is 0 Å². The van der Waals surface area contributed by atoms with Gasteiger partial charge in [0, 0.05) is 6.07 Å². The predicted molar refractivity (Wildman–Crippen MR) is 71.8 cm³/mol. The largest absolute Gasteiger partial charge is 0.417 e. The van der Waals surface area contributed by atoms with Crippen LogP contribution in [0, 0.1) is 5.82 Å². The van der Waals surface area contributed by atoms with E-state index in [1.807, 2.05) is 0 Å². The summed E-state index contributed by atoms with van der Waals surface area (Å²) in [5.41, 5.74) is 0.508. The number of nitrogens with zero attached hydrogens (tertiary/aromatic N) is 1. The maximum atomic E-state index is 12.7. The molecule has 7 nitrogen and oxygen atoms in total. The molecule has 0 saturated heterocycles. The second-order valence-corrected chi connectivity index (χ2v) is 5.82. The summed E-state index contributed by atoms with van der Waals surface area (Å²) in [7, 11) is -3.92. The smallest absolute Gasteiger partial charge is 0.408 e. The third-order valence-electron chi connectivity index (χ3n) is 2.67. The Morgan fingerprint density at radius 3 is 2.76 bits per heavy atom. The summed E-state index contributed by atoms with van der Waals surface area (Å²) in [6, 6.07) is 6.20. The summed E-state index contributed by atoms with van der Waals surface area (Å²) in [6.45, 7) is 0. The van der Waals surface area contributed by atoms with Crippen molar-refractivity contribution in [3.8, 4) is 0 Å². The number of H-pyrrole nitrogens is 1. The molecule has 0 saturated carbocycles. The van der Waals surface area contributed by atoms with Gasteiger partial charge in [-0.1, -0.05) is 0 Å². The van der Waals surface area contributed by atoms with Gasteiger partial charge in [-0.2, -0.15) is 0 Å². The van der Waals surface area contributed by atoms with E-state index in [2.05, 4.69) is 14.7 Å². The summed E-state index contributed by atoms with van der Waals surface area (Å²) in [5, 5.41) is 0. The molecule has 2 aromatic heterocycles. The summed E-state index contributed by atoms with van der Waals surface area (Å²) in [6.07, 6.45) is 0.895. The van der Waals surface area contributed by atoms with Crippen LogP contribution in [0.25, 0.3) is 11.1 Å². The molecule has 9 heteroatoms. The fourth-order valence-electron chi connectivity index (χ4n) is 1.73. The molecule has 0 fully saturated rings. The molecule has 1 aromatic carbocycles. The highest BCUT2D eigenvalue weighted by Gasteiger charge is 2.16. The maximum absolute atomic E-state index is 12.7. The summed E-state index contributed by atoms with van der Waals surface area (Å²) < 4.78 is 44.1. The van der Waals surface area contributed by atoms with E-state index in [-0.39, 0.29) is 16.3 Å². The molecule has 3 rings (SSSR count). The summed E-state index contributed by atoms with van der Waals surface area (Å²) >= 11 is 0. The summed E-state index contributed by atoms with van der Waals surface area (Å²) in [4.78, 5) is 16.9. The van der Waals surface area contributed by atoms with Crippen LogP contribution in [0.15, 0.2) is 50.6 Å². The van der Waals surface area contributed by atoms with Gasteiger partial charge in [-0.15, -0.1) is 0 Å². The number of hydrogen-bond donors (Lipinski definition) is 2. The van der Waals surface area contributed by atoms with Crippen molar-refractivity contribution in [3.63, 3.8) is 0 Å². The molecule has 0 aliphatic rings. The van der Waals surface area contributed by atoms with Gasteiger partial charge in [-0.3, -0.25) is 9.71 Å². The number of nitrogens with one attached hydrogen (secondary N) is 2. The standard InChI is InChI=1S/C12H8FN3O4S/c13-7-1-4-11(14-6-7)16-21(18,19)8-2-3-9-10(5-8)20-12(17)15-9/h1-6H,(H,14,16)(H,15,17). The van der Waals surface area contributed by atoms with Gasteiger partial charge < -0.3 is 4.42 Å². The minimum atomic E-state index is -3.92. The predicted octanol–water partition coefficient (Wildman–Crippen LogP) is 1.46. The van der Waals surface area contributed by atoms with Crippen molar-refractivity contribution in [1.82, 2.24) is 9.97 Å². The molecular weight excluding hydrogens is 301 g/mol. The number of halogens is 1. The Labute approximate surface area is 117 Å². The van der Waals surface area contributed by atoms with E-state index < -0.39 is 21.6 Å². The Kier molecular flexibility index (Phi) is 2.98. The number of sulfonamides is 1. The van der Waals surface area contributed by atoms with Gasteiger partial charge >= 0.3 is 5.76 Å². The molecule has 0 atom stereocenters. The number of aromatic nitrogens is 2. The molecule has 2 heterocycles. The van der Waals surface area contributed by atoms with E-state index in [4.69, 9.17) is 4.42 Å². The number of rotatable bonds is 3. The topological polar surface area (TPSA) is 105 Å². The number of oxazole rings is 1. The summed E-state index contributed by atoms with van der Waals surface area (Å²) in [5.74, 6) is -1.27. The monoisotopic (exact) mass is 309 g/mol. The highest BCUT2D eigenvalue weighted by Crippen LogP contribution is 2.19. The first-order chi connectivity index (χ1) is 9.94. The SMILES string of the molecule is O=c1[nH]c2ccc(S(=O)(=O)Nc3ccc(F)cn3)cc2o1. The first-order valence-corrected chi connectivity index (χ1v) is 7.20. The van der Waals surface area contributed by atoms with Crippen LogP contribution in [0.4, 0.5) is 10.2 Å². The van der Waals surface area contributed by atoms with Crippen LogP contribution in [-0.2, 0) is 10.0 Å². The van der Waals surface area contributed by atoms with Crippen LogP contribution >= 0.6 is 0 Å². The molecule has 0 radical (unpaired) electrons. The number of pyridine rings is 1. The van der Waals surface area contributed by atoms with Crippen LogP contribution in [-0.4, -0.2) is 18.4 Å². The van der Waals surface area contributed by atoms with Gasteiger partial charge in [-0.05, 0) is 24.3 Å². The second kappa shape index (κ2) is 4.70. The van der Waals surface area contributed by atoms with E-state index in [9.17, 15) is 17.6 Å². The van der Waals surface area contributed by atoms with E-state index in [0.717, 1.165) is 12.3 Å². The lowest BCUT2D eigenvalue weighted by molar-refractivity contribution is 0.554. The molecule has 0 unspecified atom stereocenters. The van der Waals surface area contributed by atoms with Crippen LogP contribution in [0.2, 0.25) is 0 Å². The molecule has 21 heavy (non-hydrogen) atoms. The lowest BCUT2D eigenvalue weighted by atomic mass is 10.3. The Morgan fingerprint density at radius 2 is 2.05 bits per heavy atom. The van der Waals surface area contributed by atoms with Gasteiger partial charge in [0.25, 0.3) is 10.0 Å². The van der Waals surface area contributed by atoms with Crippen molar-refractivity contribution in [1.29, 1.82) is 0 Å². The van der Waals surface area contributed by atoms with Gasteiger partial charge in [0.1, 0.15) is 11.6 Å². The fraction of sp³-hybridized carbons (Fsp3) is 0. The average molecular weight is 309 g/mol. The number of hydrogen-bond acceptors (Lipinski definition) is 5. The fourth-order valence-corrected chi connectivity index (χ4v) is 2.75. The molecule has 2 N–H and O–H groups in total. The third-order valence-corrected chi connectivity index (χ3v) is 4.02. The minimum Gasteiger partial charge on any atom is -0.408 e. The highest BCUT2D eigenvalue weighted by molar-refractivity contribution is 7.92. The van der Waals surface area contributed by atoms with Crippen LogP contribution in [0.3, 0.4) is 0 Å². The quantitative estimate of drug-likeness (QED) is 0.762. The van der Waals surface area contributed by atoms with Crippen LogP contribution in [0.5, 0.6) is 0 Å². The number of benzene rings is 1. The molecule has 0 aliphatic carbocycles. The zero-order chi connectivity index (χ0) is 15.0. The van der Waals surface area contributed by atoms with E-state index in [1.165, 1.54) is 24.3 Å². The van der Waals surface area contributed by atoms with Gasteiger partial charge in [-0.25, -0.2) is 22.6 Å².